The molecular weight excluding hydrogens is 192 g/mol. The van der Waals surface area contributed by atoms with E-state index in [2.05, 4.69) is 15.5 Å². The average Bonchev–Trinajstić information content (AvgIpc) is 2.78. The van der Waals surface area contributed by atoms with Crippen molar-refractivity contribution in [3.8, 4) is 17.5 Å². The summed E-state index contributed by atoms with van der Waals surface area (Å²) in [7, 11) is 1.70. The van der Waals surface area contributed by atoms with Crippen LogP contribution in [0.1, 0.15) is 5.56 Å². The van der Waals surface area contributed by atoms with Crippen molar-refractivity contribution in [3.63, 3.8) is 0 Å². The topological polar surface area (TPSA) is 74.7 Å². The molecule has 1 N–H and O–H groups in total. The predicted octanol–water partition coefficient (Wildman–Crippen LogP) is 1.65. The summed E-state index contributed by atoms with van der Waals surface area (Å²) in [5.74, 6) is 0.434. The van der Waals surface area contributed by atoms with Crippen molar-refractivity contribution in [2.24, 2.45) is 0 Å². The second-order valence-corrected chi connectivity index (χ2v) is 2.85. The molecule has 0 fully saturated rings. The van der Waals surface area contributed by atoms with Gasteiger partial charge in [0.25, 0.3) is 0 Å². The van der Waals surface area contributed by atoms with Gasteiger partial charge in [0, 0.05) is 12.6 Å². The van der Waals surface area contributed by atoms with Crippen LogP contribution in [0.3, 0.4) is 0 Å². The lowest BCUT2D eigenvalue weighted by atomic mass is 10.1. The Morgan fingerprint density at radius 2 is 2.00 bits per heavy atom. The first-order valence-corrected chi connectivity index (χ1v) is 4.35. The maximum absolute atomic E-state index is 8.63. The molecule has 0 saturated carbocycles. The molecule has 0 amide bonds. The quantitative estimate of drug-likeness (QED) is 0.797. The summed E-state index contributed by atoms with van der Waals surface area (Å²) in [5.41, 5.74) is 1.40. The summed E-state index contributed by atoms with van der Waals surface area (Å²) >= 11 is 0. The van der Waals surface area contributed by atoms with Gasteiger partial charge in [-0.3, -0.25) is 0 Å². The number of nitriles is 1. The van der Waals surface area contributed by atoms with Gasteiger partial charge in [-0.2, -0.15) is 5.26 Å². The molecule has 0 radical (unpaired) electrons. The van der Waals surface area contributed by atoms with Gasteiger partial charge >= 0.3 is 6.01 Å². The first kappa shape index (κ1) is 9.21. The fourth-order valence-electron chi connectivity index (χ4n) is 1.13. The van der Waals surface area contributed by atoms with Crippen LogP contribution in [0.5, 0.6) is 0 Å². The lowest BCUT2D eigenvalue weighted by Gasteiger charge is -1.93. The van der Waals surface area contributed by atoms with E-state index in [1.165, 1.54) is 0 Å². The molecule has 0 aliphatic rings. The van der Waals surface area contributed by atoms with Gasteiger partial charge < -0.3 is 9.73 Å². The van der Waals surface area contributed by atoms with E-state index in [0.29, 0.717) is 17.5 Å². The minimum atomic E-state index is 0.370. The van der Waals surface area contributed by atoms with Crippen molar-refractivity contribution in [2.45, 2.75) is 0 Å². The van der Waals surface area contributed by atoms with Gasteiger partial charge in [0.1, 0.15) is 0 Å². The summed E-state index contributed by atoms with van der Waals surface area (Å²) in [4.78, 5) is 0. The fraction of sp³-hybridized carbons (Fsp3) is 0.100. The molecular formula is C10H8N4O. The molecule has 1 heterocycles. The van der Waals surface area contributed by atoms with Gasteiger partial charge in [-0.1, -0.05) is 5.10 Å². The minimum absolute atomic E-state index is 0.370. The van der Waals surface area contributed by atoms with E-state index < -0.39 is 0 Å². The van der Waals surface area contributed by atoms with Crippen LogP contribution in [0.2, 0.25) is 0 Å². The smallest absolute Gasteiger partial charge is 0.315 e. The Balaban J connectivity index is 2.33. The largest absolute Gasteiger partial charge is 0.403 e. The highest BCUT2D eigenvalue weighted by Gasteiger charge is 2.06. The predicted molar refractivity (Wildman–Crippen MR) is 54.0 cm³/mol. The summed E-state index contributed by atoms with van der Waals surface area (Å²) in [5, 5.41) is 19.0. The van der Waals surface area contributed by atoms with Gasteiger partial charge in [-0.25, -0.2) is 0 Å². The Labute approximate surface area is 86.4 Å². The van der Waals surface area contributed by atoms with E-state index in [1.54, 1.807) is 31.3 Å². The molecule has 0 aliphatic heterocycles. The van der Waals surface area contributed by atoms with E-state index in [-0.39, 0.29) is 0 Å². The number of aromatic nitrogens is 2. The van der Waals surface area contributed by atoms with Crippen LogP contribution in [0.15, 0.2) is 28.7 Å². The zero-order valence-corrected chi connectivity index (χ0v) is 8.06. The molecule has 0 atom stereocenters. The van der Waals surface area contributed by atoms with Gasteiger partial charge in [0.15, 0.2) is 0 Å². The van der Waals surface area contributed by atoms with E-state index in [4.69, 9.17) is 9.68 Å². The second kappa shape index (κ2) is 3.80. The Bertz CT molecular complexity index is 495. The van der Waals surface area contributed by atoms with Crippen LogP contribution in [-0.2, 0) is 0 Å². The van der Waals surface area contributed by atoms with Crippen LogP contribution >= 0.6 is 0 Å². The Morgan fingerprint density at radius 1 is 1.27 bits per heavy atom. The molecule has 0 aliphatic carbocycles. The van der Waals surface area contributed by atoms with E-state index in [9.17, 15) is 0 Å². The lowest BCUT2D eigenvalue weighted by Crippen LogP contribution is -1.85. The molecule has 0 bridgehead atoms. The van der Waals surface area contributed by atoms with Gasteiger partial charge in [0.05, 0.1) is 11.6 Å². The van der Waals surface area contributed by atoms with E-state index >= 15 is 0 Å². The summed E-state index contributed by atoms with van der Waals surface area (Å²) in [6.45, 7) is 0. The number of rotatable bonds is 2. The maximum atomic E-state index is 8.63. The van der Waals surface area contributed by atoms with Crippen molar-refractivity contribution < 1.29 is 4.42 Å². The third kappa shape index (κ3) is 1.79. The molecule has 1 aromatic carbocycles. The van der Waals surface area contributed by atoms with E-state index in [0.717, 1.165) is 5.56 Å². The molecule has 1 aromatic heterocycles. The standard InChI is InChI=1S/C10H8N4O/c1-12-10-14-13-9(15-10)8-4-2-7(6-11)3-5-8/h2-5H,1H3,(H,12,14). The number of nitrogens with one attached hydrogen (secondary N) is 1. The molecule has 0 spiro atoms. The van der Waals surface area contributed by atoms with Gasteiger partial charge in [-0.05, 0) is 24.3 Å². The van der Waals surface area contributed by atoms with Crippen LogP contribution in [-0.4, -0.2) is 17.2 Å². The zero-order chi connectivity index (χ0) is 10.7. The highest BCUT2D eigenvalue weighted by Crippen LogP contribution is 2.19. The molecule has 0 saturated heterocycles. The average molecular weight is 200 g/mol. The SMILES string of the molecule is CNc1nnc(-c2ccc(C#N)cc2)o1. The number of hydrogen-bond acceptors (Lipinski definition) is 5. The molecule has 15 heavy (non-hydrogen) atoms. The Hall–Kier alpha value is -2.35. The number of hydrogen-bond donors (Lipinski definition) is 1. The molecule has 2 rings (SSSR count). The van der Waals surface area contributed by atoms with Crippen molar-refractivity contribution in [1.82, 2.24) is 10.2 Å². The maximum Gasteiger partial charge on any atom is 0.315 e. The molecule has 5 nitrogen and oxygen atoms in total. The monoisotopic (exact) mass is 200 g/mol. The highest BCUT2D eigenvalue weighted by atomic mass is 16.4. The summed E-state index contributed by atoms with van der Waals surface area (Å²) in [6, 6.07) is 9.37. The van der Waals surface area contributed by atoms with Gasteiger partial charge in [0.2, 0.25) is 5.89 Å². The third-order valence-electron chi connectivity index (χ3n) is 1.90. The lowest BCUT2D eigenvalue weighted by molar-refractivity contribution is 0.585. The van der Waals surface area contributed by atoms with Crippen molar-refractivity contribution in [2.75, 3.05) is 12.4 Å². The normalized spacial score (nSPS) is 9.60. The first-order valence-electron chi connectivity index (χ1n) is 4.35. The number of nitrogens with zero attached hydrogens (tertiary/aromatic N) is 3. The van der Waals surface area contributed by atoms with Crippen molar-refractivity contribution in [3.05, 3.63) is 29.8 Å². The van der Waals surface area contributed by atoms with Crippen LogP contribution in [0, 0.1) is 11.3 Å². The molecule has 74 valence electrons. The zero-order valence-electron chi connectivity index (χ0n) is 8.06. The Kier molecular flexibility index (Phi) is 2.33. The van der Waals surface area contributed by atoms with E-state index in [1.807, 2.05) is 6.07 Å². The summed E-state index contributed by atoms with van der Waals surface area (Å²) < 4.78 is 5.28. The van der Waals surface area contributed by atoms with Crippen LogP contribution in [0.4, 0.5) is 6.01 Å². The van der Waals surface area contributed by atoms with Crippen molar-refractivity contribution in [1.29, 1.82) is 5.26 Å². The summed E-state index contributed by atoms with van der Waals surface area (Å²) in [6.07, 6.45) is 0. The fourth-order valence-corrected chi connectivity index (χ4v) is 1.13. The number of anilines is 1. The van der Waals surface area contributed by atoms with Crippen molar-refractivity contribution >= 4 is 6.01 Å². The van der Waals surface area contributed by atoms with Crippen LogP contribution in [0.25, 0.3) is 11.5 Å². The third-order valence-corrected chi connectivity index (χ3v) is 1.90. The second-order valence-electron chi connectivity index (χ2n) is 2.85. The molecule has 2 aromatic rings. The molecule has 5 heteroatoms. The first-order chi connectivity index (χ1) is 7.33. The number of benzene rings is 1. The van der Waals surface area contributed by atoms with Gasteiger partial charge in [-0.15, -0.1) is 5.10 Å². The molecule has 0 unspecified atom stereocenters. The van der Waals surface area contributed by atoms with Crippen LogP contribution < -0.4 is 5.32 Å². The highest BCUT2D eigenvalue weighted by molar-refractivity contribution is 5.55. The minimum Gasteiger partial charge on any atom is -0.403 e. The Morgan fingerprint density at radius 3 is 2.53 bits per heavy atom.